The molecule has 2 N–H and O–H groups in total. The number of thiocarbonyl (C=S) groups is 1. The molecular formula is C44H55N3O8S2. The van der Waals surface area contributed by atoms with Gasteiger partial charge in [-0.25, -0.2) is 4.79 Å². The molecule has 3 fully saturated rings. The van der Waals surface area contributed by atoms with Crippen molar-refractivity contribution in [1.82, 2.24) is 15.5 Å². The molecule has 2 aromatic carbocycles. The molecule has 1 aromatic heterocycles. The Morgan fingerprint density at radius 1 is 0.982 bits per heavy atom. The van der Waals surface area contributed by atoms with Crippen LogP contribution >= 0.6 is 24.0 Å². The van der Waals surface area contributed by atoms with Crippen molar-refractivity contribution in [1.29, 1.82) is 0 Å². The smallest absolute Gasteiger partial charge is 0.408 e. The van der Waals surface area contributed by atoms with Crippen LogP contribution in [0.3, 0.4) is 0 Å². The number of carbonyl (C=O) groups is 3. The third-order valence-electron chi connectivity index (χ3n) is 10.4. The first-order chi connectivity index (χ1) is 27.0. The molecule has 57 heavy (non-hydrogen) atoms. The van der Waals surface area contributed by atoms with E-state index in [2.05, 4.69) is 10.6 Å². The largest absolute Gasteiger partial charge is 0.497 e. The molecule has 0 unspecified atom stereocenters. The summed E-state index contributed by atoms with van der Waals surface area (Å²) in [6.45, 7) is 11.6. The number of thioether (sulfide) groups is 1. The van der Waals surface area contributed by atoms with Crippen molar-refractivity contribution in [3.63, 3.8) is 0 Å². The summed E-state index contributed by atoms with van der Waals surface area (Å²) in [6, 6.07) is 14.2. The Hall–Kier alpha value is -4.49. The van der Waals surface area contributed by atoms with Gasteiger partial charge < -0.3 is 34.0 Å². The molecule has 1 saturated heterocycles. The lowest BCUT2D eigenvalue weighted by Crippen LogP contribution is -2.49. The summed E-state index contributed by atoms with van der Waals surface area (Å²) in [5.41, 5.74) is 1.36. The van der Waals surface area contributed by atoms with Crippen LogP contribution in [0.2, 0.25) is 0 Å². The lowest BCUT2D eigenvalue weighted by Gasteiger charge is -2.30. The molecular weight excluding hydrogens is 763 g/mol. The van der Waals surface area contributed by atoms with Crippen molar-refractivity contribution in [2.24, 2.45) is 11.8 Å². The molecule has 2 bridgehead atoms. The van der Waals surface area contributed by atoms with Crippen LogP contribution in [-0.2, 0) is 27.2 Å². The number of furan rings is 1. The van der Waals surface area contributed by atoms with Crippen LogP contribution in [-0.4, -0.2) is 71.2 Å². The third kappa shape index (κ3) is 10.7. The lowest BCUT2D eigenvalue weighted by molar-refractivity contribution is -0.124. The van der Waals surface area contributed by atoms with Crippen molar-refractivity contribution in [2.75, 3.05) is 20.8 Å². The second kappa shape index (κ2) is 17.6. The minimum absolute atomic E-state index is 0.0689. The van der Waals surface area contributed by atoms with Crippen LogP contribution in [0.1, 0.15) is 90.5 Å². The van der Waals surface area contributed by atoms with Crippen LogP contribution in [0.4, 0.5) is 4.79 Å². The van der Waals surface area contributed by atoms with Crippen LogP contribution < -0.4 is 24.8 Å². The normalized spacial score (nSPS) is 20.5. The van der Waals surface area contributed by atoms with Crippen molar-refractivity contribution in [3.8, 4) is 28.6 Å². The number of methoxy groups -OCH3 is 2. The number of hydrogen-bond donors (Lipinski definition) is 2. The van der Waals surface area contributed by atoms with Crippen LogP contribution in [0.15, 0.2) is 57.9 Å². The summed E-state index contributed by atoms with van der Waals surface area (Å²) >= 11 is 7.09. The fourth-order valence-electron chi connectivity index (χ4n) is 7.86. The number of rotatable bonds is 14. The number of nitrogens with one attached hydrogen (secondary N) is 2. The maximum atomic E-state index is 13.9. The number of alkyl carbamates (subject to hydrolysis) is 1. The van der Waals surface area contributed by atoms with Gasteiger partial charge in [0.15, 0.2) is 0 Å². The highest BCUT2D eigenvalue weighted by molar-refractivity contribution is 8.26. The Bertz CT molecular complexity index is 1990. The first-order valence-corrected chi connectivity index (χ1v) is 20.9. The van der Waals surface area contributed by atoms with Gasteiger partial charge in [0.1, 0.15) is 50.3 Å². The Balaban J connectivity index is 1.18. The first-order valence-electron chi connectivity index (χ1n) is 19.7. The lowest BCUT2D eigenvalue weighted by atomic mass is 9.94. The van der Waals surface area contributed by atoms with Crippen molar-refractivity contribution in [2.45, 2.75) is 110 Å². The number of aryl methyl sites for hydroxylation is 1. The molecule has 2 aliphatic carbocycles. The van der Waals surface area contributed by atoms with E-state index >= 15 is 0 Å². The second-order valence-electron chi connectivity index (χ2n) is 17.0. The summed E-state index contributed by atoms with van der Waals surface area (Å²) in [6.07, 6.45) is 7.03. The Morgan fingerprint density at radius 3 is 2.35 bits per heavy atom. The molecule has 1 aliphatic heterocycles. The summed E-state index contributed by atoms with van der Waals surface area (Å²) < 4.78 is 29.6. The van der Waals surface area contributed by atoms with Gasteiger partial charge in [0.2, 0.25) is 5.91 Å². The molecule has 0 radical (unpaired) electrons. The summed E-state index contributed by atoms with van der Waals surface area (Å²) in [5, 5.41) is 5.78. The van der Waals surface area contributed by atoms with Crippen LogP contribution in [0.25, 0.3) is 17.4 Å². The van der Waals surface area contributed by atoms with Gasteiger partial charge in [0, 0.05) is 31.1 Å². The fraction of sp³-hybridized carbons (Fsp3) is 0.500. The number of hydrogen-bond acceptors (Lipinski definition) is 10. The van der Waals surface area contributed by atoms with E-state index in [4.69, 9.17) is 35.6 Å². The van der Waals surface area contributed by atoms with E-state index in [9.17, 15) is 14.4 Å². The monoisotopic (exact) mass is 817 g/mol. The first kappa shape index (κ1) is 42.1. The molecule has 3 aromatic rings. The Labute approximate surface area is 345 Å². The number of fused-ring (bicyclic) bond motifs is 2. The topological polar surface area (TPSA) is 129 Å². The average molecular weight is 818 g/mol. The molecule has 2 saturated carbocycles. The van der Waals surface area contributed by atoms with E-state index in [1.54, 1.807) is 47.1 Å². The van der Waals surface area contributed by atoms with Gasteiger partial charge in [-0.15, -0.1) is 0 Å². The summed E-state index contributed by atoms with van der Waals surface area (Å²) in [5.74, 6) is 3.84. The van der Waals surface area contributed by atoms with Gasteiger partial charge in [-0.05, 0) is 127 Å². The minimum Gasteiger partial charge on any atom is -0.497 e. The fourth-order valence-corrected chi connectivity index (χ4v) is 9.21. The van der Waals surface area contributed by atoms with E-state index in [1.807, 2.05) is 68.1 Å². The van der Waals surface area contributed by atoms with Gasteiger partial charge in [-0.1, -0.05) is 42.5 Å². The van der Waals surface area contributed by atoms with E-state index in [1.165, 1.54) is 24.6 Å². The molecule has 11 nitrogen and oxygen atoms in total. The highest BCUT2D eigenvalue weighted by Gasteiger charge is 2.48. The maximum absolute atomic E-state index is 13.9. The highest BCUT2D eigenvalue weighted by Crippen LogP contribution is 2.49. The summed E-state index contributed by atoms with van der Waals surface area (Å²) in [7, 11) is 3.19. The van der Waals surface area contributed by atoms with Gasteiger partial charge in [0.25, 0.3) is 5.91 Å². The standard InChI is InChI=1S/C44H55N3O8S2/c1-43(2,3)54-30-15-12-26(13-16-30)21-33(46-41(50)55-44(4,5)6)39(48)45-19-9-10-29-23-37(32-18-17-31(51-7)24-36(32)52-8)53-35(29)25-38-40(49)47(42(56)57-38)34-22-27-11-14-28(34)20-27/h12-13,15-18,23-25,27-28,33-34H,9-11,14,19-22H2,1-8H3,(H,45,48)(H,46,50)/b38-25-/t27-,28-,33-,34-/m0/s1. The zero-order chi connectivity index (χ0) is 41.1. The molecule has 3 amide bonds. The van der Waals surface area contributed by atoms with E-state index in [0.29, 0.717) is 69.2 Å². The third-order valence-corrected chi connectivity index (χ3v) is 11.7. The van der Waals surface area contributed by atoms with Gasteiger partial charge in [-0.2, -0.15) is 0 Å². The predicted octanol–water partition coefficient (Wildman–Crippen LogP) is 8.72. The number of amides is 3. The van der Waals surface area contributed by atoms with E-state index < -0.39 is 17.7 Å². The summed E-state index contributed by atoms with van der Waals surface area (Å²) in [4.78, 5) is 42.8. The van der Waals surface area contributed by atoms with E-state index in [0.717, 1.165) is 29.5 Å². The molecule has 4 atom stereocenters. The number of benzene rings is 2. The zero-order valence-electron chi connectivity index (χ0n) is 34.2. The zero-order valence-corrected chi connectivity index (χ0v) is 35.8. The molecule has 2 heterocycles. The molecule has 6 rings (SSSR count). The Kier molecular flexibility index (Phi) is 13.0. The van der Waals surface area contributed by atoms with Crippen molar-refractivity contribution < 1.29 is 37.7 Å². The molecule has 0 spiro atoms. The Morgan fingerprint density at radius 2 is 1.72 bits per heavy atom. The van der Waals surface area contributed by atoms with Crippen molar-refractivity contribution in [3.05, 3.63) is 70.3 Å². The number of carbonyl (C=O) groups excluding carboxylic acids is 3. The molecule has 306 valence electrons. The second-order valence-corrected chi connectivity index (χ2v) is 18.7. The molecule has 13 heteroatoms. The minimum atomic E-state index is -0.884. The highest BCUT2D eigenvalue weighted by atomic mass is 32.2. The quantitative estimate of drug-likeness (QED) is 0.0927. The van der Waals surface area contributed by atoms with Gasteiger partial charge in [0.05, 0.1) is 24.7 Å². The van der Waals surface area contributed by atoms with Gasteiger partial charge >= 0.3 is 6.09 Å². The van der Waals surface area contributed by atoms with E-state index in [-0.39, 0.29) is 29.9 Å². The molecule has 3 aliphatic rings. The van der Waals surface area contributed by atoms with Crippen LogP contribution in [0.5, 0.6) is 17.2 Å². The SMILES string of the molecule is COc1ccc(-c2cc(CCCNC(=O)[C@H](Cc3ccc(OC(C)(C)C)cc3)NC(=O)OC(C)(C)C)c(/C=C3\SC(=S)N([C@H]4C[C@H]5CC[C@H]4C5)C3=O)o2)c(OC)c1. The van der Waals surface area contributed by atoms with Gasteiger partial charge in [-0.3, -0.25) is 14.5 Å². The number of ether oxygens (including phenoxy) is 4. The van der Waals surface area contributed by atoms with Crippen LogP contribution in [0, 0.1) is 11.8 Å². The predicted molar refractivity (Wildman–Crippen MR) is 227 cm³/mol. The maximum Gasteiger partial charge on any atom is 0.408 e. The average Bonchev–Trinajstić information content (AvgIpc) is 3.93. The van der Waals surface area contributed by atoms with Crippen molar-refractivity contribution >= 4 is 52.3 Å². The number of nitrogens with zero attached hydrogens (tertiary/aromatic N) is 1.